The van der Waals surface area contributed by atoms with Crippen LogP contribution >= 0.6 is 0 Å². The van der Waals surface area contributed by atoms with E-state index in [4.69, 9.17) is 4.74 Å². The molecule has 1 aliphatic carbocycles. The lowest BCUT2D eigenvalue weighted by atomic mass is 9.83. The van der Waals surface area contributed by atoms with Crippen LogP contribution in [0.25, 0.3) is 0 Å². The monoisotopic (exact) mass is 375 g/mol. The number of piperidine rings is 1. The van der Waals surface area contributed by atoms with E-state index >= 15 is 0 Å². The topological polar surface area (TPSA) is 80.6 Å². The summed E-state index contributed by atoms with van der Waals surface area (Å²) >= 11 is 0. The summed E-state index contributed by atoms with van der Waals surface area (Å²) in [6.07, 6.45) is 9.25. The van der Waals surface area contributed by atoms with E-state index in [9.17, 15) is 9.59 Å². The zero-order valence-electron chi connectivity index (χ0n) is 15.9. The van der Waals surface area contributed by atoms with Crippen molar-refractivity contribution in [3.8, 4) is 0 Å². The van der Waals surface area contributed by atoms with Crippen LogP contribution in [0.4, 0.5) is 0 Å². The van der Waals surface area contributed by atoms with Crippen molar-refractivity contribution in [2.45, 2.75) is 57.5 Å². The molecule has 148 valence electrons. The molecule has 1 unspecified atom stereocenters. The first-order chi connectivity index (χ1) is 13.2. The first kappa shape index (κ1) is 18.4. The minimum Gasteiger partial charge on any atom is -0.378 e. The number of hydrogen-bond donors (Lipinski definition) is 0. The van der Waals surface area contributed by atoms with Gasteiger partial charge in [0.05, 0.1) is 19.4 Å². The largest absolute Gasteiger partial charge is 0.378 e. The van der Waals surface area contributed by atoms with Gasteiger partial charge in [0.15, 0.2) is 5.69 Å². The van der Waals surface area contributed by atoms with Crippen molar-refractivity contribution < 1.29 is 14.3 Å². The Morgan fingerprint density at radius 2 is 1.89 bits per heavy atom. The summed E-state index contributed by atoms with van der Waals surface area (Å²) in [4.78, 5) is 29.1. The number of carbonyl (C=O) groups is 2. The number of aryl methyl sites for hydroxylation is 1. The molecule has 8 nitrogen and oxygen atoms in total. The molecule has 1 aromatic heterocycles. The van der Waals surface area contributed by atoms with Crippen molar-refractivity contribution in [2.75, 3.05) is 32.8 Å². The van der Waals surface area contributed by atoms with Gasteiger partial charge < -0.3 is 14.5 Å². The Bertz CT molecular complexity index is 666. The second-order valence-electron chi connectivity index (χ2n) is 7.87. The van der Waals surface area contributed by atoms with E-state index in [1.54, 1.807) is 15.8 Å². The Labute approximate surface area is 159 Å². The van der Waals surface area contributed by atoms with E-state index < -0.39 is 0 Å². The minimum absolute atomic E-state index is 0.0796. The normalized spacial score (nSPS) is 23.9. The van der Waals surface area contributed by atoms with E-state index in [2.05, 4.69) is 15.2 Å². The Kier molecular flexibility index (Phi) is 5.71. The number of hydrogen-bond acceptors (Lipinski definition) is 5. The van der Waals surface area contributed by atoms with Crippen LogP contribution in [0.5, 0.6) is 0 Å². The van der Waals surface area contributed by atoms with E-state index in [-0.39, 0.29) is 17.9 Å². The summed E-state index contributed by atoms with van der Waals surface area (Å²) < 4.78 is 7.03. The molecule has 2 amide bonds. The molecule has 0 radical (unpaired) electrons. The smallest absolute Gasteiger partial charge is 0.276 e. The minimum atomic E-state index is -0.0796. The highest BCUT2D eigenvalue weighted by molar-refractivity contribution is 5.92. The lowest BCUT2D eigenvalue weighted by Gasteiger charge is -2.40. The van der Waals surface area contributed by atoms with E-state index in [0.717, 1.165) is 38.6 Å². The number of aromatic nitrogens is 3. The summed E-state index contributed by atoms with van der Waals surface area (Å²) in [7, 11) is 0. The number of rotatable bonds is 5. The molecular weight excluding hydrogens is 346 g/mol. The lowest BCUT2D eigenvalue weighted by Crippen LogP contribution is -2.48. The van der Waals surface area contributed by atoms with Crippen LogP contribution in [0.15, 0.2) is 6.20 Å². The van der Waals surface area contributed by atoms with Crippen LogP contribution in [0, 0.1) is 5.92 Å². The molecule has 4 rings (SSSR count). The molecule has 3 heterocycles. The molecule has 0 N–H and O–H groups in total. The molecule has 1 aromatic rings. The van der Waals surface area contributed by atoms with Crippen LogP contribution < -0.4 is 0 Å². The molecule has 1 atom stereocenters. The number of carbonyl (C=O) groups excluding carboxylic acids is 2. The summed E-state index contributed by atoms with van der Waals surface area (Å²) in [5.74, 6) is 0.534. The van der Waals surface area contributed by atoms with Gasteiger partial charge >= 0.3 is 0 Å². The summed E-state index contributed by atoms with van der Waals surface area (Å²) in [5, 5.41) is 8.19. The molecular formula is C19H29N5O3. The van der Waals surface area contributed by atoms with Gasteiger partial charge in [0.2, 0.25) is 5.91 Å². The zero-order chi connectivity index (χ0) is 18.6. The quantitative estimate of drug-likeness (QED) is 0.775. The number of likely N-dealkylation sites (tertiary alicyclic amines) is 1. The van der Waals surface area contributed by atoms with Gasteiger partial charge in [-0.3, -0.25) is 14.3 Å². The van der Waals surface area contributed by atoms with E-state index in [0.29, 0.717) is 44.4 Å². The van der Waals surface area contributed by atoms with Gasteiger partial charge in [0.25, 0.3) is 5.91 Å². The lowest BCUT2D eigenvalue weighted by molar-refractivity contribution is -0.142. The predicted molar refractivity (Wildman–Crippen MR) is 98.1 cm³/mol. The maximum absolute atomic E-state index is 12.7. The standard InChI is InChI=1S/C19H29N5O3/c25-18(15-4-3-5-15)24-8-2-1-6-16(24)7-9-23-14-17(20-21-23)19(26)22-10-12-27-13-11-22/h14-16H,1-13H2. The van der Waals surface area contributed by atoms with Crippen LogP contribution in [-0.4, -0.2) is 75.5 Å². The third kappa shape index (κ3) is 4.15. The average molecular weight is 375 g/mol. The van der Waals surface area contributed by atoms with Gasteiger partial charge in [-0.25, -0.2) is 0 Å². The molecule has 2 saturated heterocycles. The summed E-state index contributed by atoms with van der Waals surface area (Å²) in [6, 6.07) is 0.287. The third-order valence-electron chi connectivity index (χ3n) is 6.11. The predicted octanol–water partition coefficient (Wildman–Crippen LogP) is 1.32. The first-order valence-electron chi connectivity index (χ1n) is 10.3. The Morgan fingerprint density at radius 1 is 1.07 bits per heavy atom. The van der Waals surface area contributed by atoms with E-state index in [1.165, 1.54) is 12.8 Å². The van der Waals surface area contributed by atoms with Crippen molar-refractivity contribution in [3.05, 3.63) is 11.9 Å². The number of nitrogens with zero attached hydrogens (tertiary/aromatic N) is 5. The van der Waals surface area contributed by atoms with Gasteiger partial charge in [-0.1, -0.05) is 11.6 Å². The molecule has 0 bridgehead atoms. The highest BCUT2D eigenvalue weighted by Crippen LogP contribution is 2.31. The van der Waals surface area contributed by atoms with Crippen LogP contribution in [0.1, 0.15) is 55.4 Å². The van der Waals surface area contributed by atoms with Gasteiger partial charge in [-0.15, -0.1) is 5.10 Å². The molecule has 8 heteroatoms. The van der Waals surface area contributed by atoms with Crippen molar-refractivity contribution in [1.29, 1.82) is 0 Å². The molecule has 3 fully saturated rings. The molecule has 3 aliphatic rings. The van der Waals surface area contributed by atoms with Crippen molar-refractivity contribution in [1.82, 2.24) is 24.8 Å². The van der Waals surface area contributed by atoms with Crippen molar-refractivity contribution in [2.24, 2.45) is 5.92 Å². The fourth-order valence-electron chi connectivity index (χ4n) is 4.20. The van der Waals surface area contributed by atoms with Crippen molar-refractivity contribution >= 4 is 11.8 Å². The van der Waals surface area contributed by atoms with Gasteiger partial charge in [-0.05, 0) is 38.5 Å². The maximum atomic E-state index is 12.7. The Balaban J connectivity index is 1.33. The van der Waals surface area contributed by atoms with Crippen LogP contribution in [0.2, 0.25) is 0 Å². The fraction of sp³-hybridized carbons (Fsp3) is 0.789. The van der Waals surface area contributed by atoms with Crippen molar-refractivity contribution in [3.63, 3.8) is 0 Å². The third-order valence-corrected chi connectivity index (χ3v) is 6.11. The molecule has 27 heavy (non-hydrogen) atoms. The van der Waals surface area contributed by atoms with Crippen LogP contribution in [-0.2, 0) is 16.1 Å². The Morgan fingerprint density at radius 3 is 2.63 bits per heavy atom. The maximum Gasteiger partial charge on any atom is 0.276 e. The van der Waals surface area contributed by atoms with Gasteiger partial charge in [0, 0.05) is 38.1 Å². The molecule has 2 aliphatic heterocycles. The highest BCUT2D eigenvalue weighted by atomic mass is 16.5. The molecule has 1 saturated carbocycles. The number of morpholine rings is 1. The summed E-state index contributed by atoms with van der Waals surface area (Å²) in [6.45, 7) is 3.93. The van der Waals surface area contributed by atoms with Crippen LogP contribution in [0.3, 0.4) is 0 Å². The number of ether oxygens (including phenoxy) is 1. The highest BCUT2D eigenvalue weighted by Gasteiger charge is 2.34. The van der Waals surface area contributed by atoms with Gasteiger partial charge in [0.1, 0.15) is 0 Å². The average Bonchev–Trinajstić information content (AvgIpc) is 3.14. The number of amides is 2. The molecule has 0 spiro atoms. The first-order valence-corrected chi connectivity index (χ1v) is 10.3. The SMILES string of the molecule is O=C(c1cn(CCC2CCCCN2C(=O)C2CCC2)nn1)N1CCOCC1. The van der Waals surface area contributed by atoms with E-state index in [1.807, 2.05) is 0 Å². The summed E-state index contributed by atoms with van der Waals surface area (Å²) in [5.41, 5.74) is 0.392. The second kappa shape index (κ2) is 8.37. The second-order valence-corrected chi connectivity index (χ2v) is 7.87. The Hall–Kier alpha value is -1.96. The molecule has 0 aromatic carbocycles. The zero-order valence-corrected chi connectivity index (χ0v) is 15.9. The van der Waals surface area contributed by atoms with Gasteiger partial charge in [-0.2, -0.15) is 0 Å². The fourth-order valence-corrected chi connectivity index (χ4v) is 4.20.